The van der Waals surface area contributed by atoms with E-state index < -0.39 is 5.41 Å². The van der Waals surface area contributed by atoms with Crippen LogP contribution in [0.2, 0.25) is 0 Å². The van der Waals surface area contributed by atoms with Crippen LogP contribution in [0.5, 0.6) is 11.5 Å². The minimum absolute atomic E-state index is 0.359. The Morgan fingerprint density at radius 2 is 0.914 bits per heavy atom. The fourth-order valence-electron chi connectivity index (χ4n) is 5.94. The molecule has 0 bridgehead atoms. The maximum Gasteiger partial charge on any atom is 0.186 e. The van der Waals surface area contributed by atoms with E-state index in [2.05, 4.69) is 72.8 Å². The molecule has 4 nitrogen and oxygen atoms in total. The molecule has 5 rings (SSSR count). The van der Waals surface area contributed by atoms with E-state index in [1.54, 1.807) is 0 Å². The lowest BCUT2D eigenvalue weighted by Gasteiger charge is -2.35. The summed E-state index contributed by atoms with van der Waals surface area (Å²) in [5.74, 6) is 1.43. The predicted molar refractivity (Wildman–Crippen MR) is 138 cm³/mol. The fourth-order valence-corrected chi connectivity index (χ4v) is 5.94. The number of hydrogen-bond donors (Lipinski definition) is 2. The summed E-state index contributed by atoms with van der Waals surface area (Å²) in [5, 5.41) is 18.8. The van der Waals surface area contributed by atoms with Gasteiger partial charge in [-0.2, -0.15) is 0 Å². The SMILES string of the molecule is Cc1cc(C2(c3cc(C)c(OCO)c(C)c3)c3ccccc3-c3ccccc32)cc(C)c1OCO. The van der Waals surface area contributed by atoms with Crippen molar-refractivity contribution in [3.05, 3.63) is 117 Å². The number of hydrogen-bond acceptors (Lipinski definition) is 4. The van der Waals surface area contributed by atoms with Crippen molar-refractivity contribution < 1.29 is 19.7 Å². The molecule has 0 aromatic heterocycles. The molecular formula is C31H30O4. The molecule has 35 heavy (non-hydrogen) atoms. The highest BCUT2D eigenvalue weighted by atomic mass is 16.6. The smallest absolute Gasteiger partial charge is 0.186 e. The first-order chi connectivity index (χ1) is 16.9. The fraction of sp³-hybridized carbons (Fsp3) is 0.226. The summed E-state index contributed by atoms with van der Waals surface area (Å²) in [7, 11) is 0. The number of rotatable bonds is 6. The van der Waals surface area contributed by atoms with Crippen molar-refractivity contribution in [2.75, 3.05) is 13.6 Å². The molecule has 0 fully saturated rings. The van der Waals surface area contributed by atoms with E-state index in [4.69, 9.17) is 9.47 Å². The molecule has 1 aliphatic carbocycles. The predicted octanol–water partition coefficient (Wildman–Crippen LogP) is 5.94. The van der Waals surface area contributed by atoms with Crippen LogP contribution in [0.25, 0.3) is 11.1 Å². The first-order valence-corrected chi connectivity index (χ1v) is 11.8. The van der Waals surface area contributed by atoms with Crippen LogP contribution in [0.4, 0.5) is 0 Å². The standard InChI is InChI=1S/C31H30O4/c1-19-13-23(14-20(2)29(19)34-17-32)31(24-15-21(3)30(35-18-33)22(4)16-24)27-11-7-5-9-25(27)26-10-6-8-12-28(26)31/h5-16,32-33H,17-18H2,1-4H3. The van der Waals surface area contributed by atoms with Gasteiger partial charge in [-0.1, -0.05) is 72.8 Å². The van der Waals surface area contributed by atoms with Crippen molar-refractivity contribution in [2.45, 2.75) is 33.1 Å². The maximum absolute atomic E-state index is 9.42. The zero-order valence-electron chi connectivity index (χ0n) is 20.6. The lowest BCUT2D eigenvalue weighted by atomic mass is 9.66. The number of fused-ring (bicyclic) bond motifs is 3. The molecule has 0 saturated heterocycles. The van der Waals surface area contributed by atoms with Crippen LogP contribution in [0.1, 0.15) is 44.5 Å². The Morgan fingerprint density at radius 3 is 1.26 bits per heavy atom. The quantitative estimate of drug-likeness (QED) is 0.304. The van der Waals surface area contributed by atoms with Crippen LogP contribution in [-0.4, -0.2) is 23.8 Å². The molecule has 0 saturated carbocycles. The maximum atomic E-state index is 9.42. The summed E-state index contributed by atoms with van der Waals surface area (Å²) in [5.41, 5.74) is 10.5. The number of ether oxygens (including phenoxy) is 2. The second-order valence-electron chi connectivity index (χ2n) is 9.27. The van der Waals surface area contributed by atoms with Crippen LogP contribution in [0, 0.1) is 27.7 Å². The minimum Gasteiger partial charge on any atom is -0.467 e. The van der Waals surface area contributed by atoms with E-state index in [0.29, 0.717) is 11.5 Å². The summed E-state index contributed by atoms with van der Waals surface area (Å²) in [6.07, 6.45) is 0. The van der Waals surface area contributed by atoms with Gasteiger partial charge in [-0.3, -0.25) is 0 Å². The van der Waals surface area contributed by atoms with E-state index >= 15 is 0 Å². The highest BCUT2D eigenvalue weighted by Crippen LogP contribution is 2.57. The van der Waals surface area contributed by atoms with E-state index in [1.807, 2.05) is 27.7 Å². The third-order valence-electron chi connectivity index (χ3n) is 7.16. The topological polar surface area (TPSA) is 58.9 Å². The monoisotopic (exact) mass is 466 g/mol. The van der Waals surface area contributed by atoms with Crippen molar-refractivity contribution in [3.8, 4) is 22.6 Å². The summed E-state index contributed by atoms with van der Waals surface area (Å²) < 4.78 is 11.1. The van der Waals surface area contributed by atoms with Gasteiger partial charge in [0, 0.05) is 0 Å². The van der Waals surface area contributed by atoms with Gasteiger partial charge in [0.05, 0.1) is 5.41 Å². The molecule has 2 N–H and O–H groups in total. The van der Waals surface area contributed by atoms with Gasteiger partial charge in [0.1, 0.15) is 11.5 Å². The van der Waals surface area contributed by atoms with Gasteiger partial charge < -0.3 is 19.7 Å². The molecule has 4 heteroatoms. The number of aliphatic hydroxyl groups is 2. The van der Waals surface area contributed by atoms with Gasteiger partial charge in [-0.25, -0.2) is 0 Å². The van der Waals surface area contributed by atoms with Gasteiger partial charge >= 0.3 is 0 Å². The molecule has 0 spiro atoms. The van der Waals surface area contributed by atoms with Gasteiger partial charge in [0.2, 0.25) is 0 Å². The first kappa shape index (κ1) is 23.2. The lowest BCUT2D eigenvalue weighted by Crippen LogP contribution is -2.29. The van der Waals surface area contributed by atoms with Crippen molar-refractivity contribution in [2.24, 2.45) is 0 Å². The zero-order chi connectivity index (χ0) is 24.7. The second kappa shape index (κ2) is 8.88. The van der Waals surface area contributed by atoms with Crippen molar-refractivity contribution in [1.82, 2.24) is 0 Å². The van der Waals surface area contributed by atoms with E-state index in [9.17, 15) is 10.2 Å². The average Bonchev–Trinajstić information content (AvgIpc) is 3.15. The second-order valence-corrected chi connectivity index (χ2v) is 9.27. The van der Waals surface area contributed by atoms with Crippen LogP contribution < -0.4 is 9.47 Å². The first-order valence-electron chi connectivity index (χ1n) is 11.8. The Morgan fingerprint density at radius 1 is 0.571 bits per heavy atom. The molecule has 1 aliphatic rings. The minimum atomic E-state index is -0.548. The van der Waals surface area contributed by atoms with Crippen LogP contribution in [0.3, 0.4) is 0 Å². The lowest BCUT2D eigenvalue weighted by molar-refractivity contribution is 0.0968. The normalized spacial score (nSPS) is 13.3. The third kappa shape index (κ3) is 3.44. The van der Waals surface area contributed by atoms with Crippen LogP contribution in [0.15, 0.2) is 72.8 Å². The summed E-state index contributed by atoms with van der Waals surface area (Å²) in [6.45, 7) is 7.38. The highest BCUT2D eigenvalue weighted by molar-refractivity contribution is 5.86. The van der Waals surface area contributed by atoms with E-state index in [-0.39, 0.29) is 13.6 Å². The van der Waals surface area contributed by atoms with E-state index in [0.717, 1.165) is 33.4 Å². The van der Waals surface area contributed by atoms with Crippen molar-refractivity contribution in [1.29, 1.82) is 0 Å². The number of benzene rings is 4. The molecule has 0 atom stereocenters. The summed E-state index contributed by atoms with van der Waals surface area (Å²) >= 11 is 0. The van der Waals surface area contributed by atoms with Gasteiger partial charge in [-0.05, 0) is 83.3 Å². The Labute approximate surface area is 206 Å². The van der Waals surface area contributed by atoms with Crippen LogP contribution in [-0.2, 0) is 5.41 Å². The largest absolute Gasteiger partial charge is 0.467 e. The van der Waals surface area contributed by atoms with Gasteiger partial charge in [0.25, 0.3) is 0 Å². The zero-order valence-corrected chi connectivity index (χ0v) is 20.6. The molecule has 0 heterocycles. The molecule has 0 unspecified atom stereocenters. The van der Waals surface area contributed by atoms with E-state index in [1.165, 1.54) is 22.3 Å². The molecule has 178 valence electrons. The van der Waals surface area contributed by atoms with Crippen LogP contribution >= 0.6 is 0 Å². The third-order valence-corrected chi connectivity index (χ3v) is 7.16. The average molecular weight is 467 g/mol. The number of aryl methyl sites for hydroxylation is 4. The molecular weight excluding hydrogens is 436 g/mol. The van der Waals surface area contributed by atoms with Gasteiger partial charge in [0.15, 0.2) is 13.6 Å². The van der Waals surface area contributed by atoms with Gasteiger partial charge in [-0.15, -0.1) is 0 Å². The molecule has 0 radical (unpaired) electrons. The Hall–Kier alpha value is -3.60. The Bertz CT molecular complexity index is 1260. The molecule has 4 aromatic carbocycles. The number of aliphatic hydroxyl groups excluding tert-OH is 2. The summed E-state index contributed by atoms with van der Waals surface area (Å²) in [4.78, 5) is 0. The Balaban J connectivity index is 1.91. The van der Waals surface area contributed by atoms with Crippen molar-refractivity contribution in [3.63, 3.8) is 0 Å². The highest BCUT2D eigenvalue weighted by Gasteiger charge is 2.46. The molecule has 4 aromatic rings. The van der Waals surface area contributed by atoms with Crippen molar-refractivity contribution >= 4 is 0 Å². The molecule has 0 amide bonds. The molecule has 0 aliphatic heterocycles. The Kier molecular flexibility index (Phi) is 5.87. The summed E-state index contributed by atoms with van der Waals surface area (Å²) in [6, 6.07) is 25.9.